The summed E-state index contributed by atoms with van der Waals surface area (Å²) in [4.78, 5) is 49.7. The largest absolute Gasteiger partial charge is 0.291 e. The topological polar surface area (TPSA) is 85.2 Å². The van der Waals surface area contributed by atoms with E-state index in [1.54, 1.807) is 18.3 Å². The molecule has 174 valence electrons. The van der Waals surface area contributed by atoms with Gasteiger partial charge in [-0.15, -0.1) is 22.7 Å². The highest BCUT2D eigenvalue weighted by molar-refractivity contribution is 7.25. The van der Waals surface area contributed by atoms with Gasteiger partial charge in [0.2, 0.25) is 11.8 Å². The number of fused-ring (bicyclic) bond motifs is 6. The normalized spacial score (nSPS) is 12.5. The van der Waals surface area contributed by atoms with Crippen LogP contribution in [0.3, 0.4) is 0 Å². The second-order valence-corrected chi connectivity index (χ2v) is 10.5. The first-order valence-corrected chi connectivity index (χ1v) is 12.9. The van der Waals surface area contributed by atoms with Crippen LogP contribution in [0.5, 0.6) is 0 Å². The van der Waals surface area contributed by atoms with Crippen LogP contribution < -0.4 is 10.6 Å². The molecule has 0 N–H and O–H groups in total. The SMILES string of the molecule is CC(=O)N(C(C)=O)n1c(C)nc2c(sc3nc4c(c(-c5cccs5)c32)CCc2ccccc2-4)c1=O. The lowest BCUT2D eigenvalue weighted by Gasteiger charge is -2.22. The summed E-state index contributed by atoms with van der Waals surface area (Å²) in [6, 6.07) is 12.4. The van der Waals surface area contributed by atoms with Gasteiger partial charge in [-0.1, -0.05) is 30.3 Å². The fourth-order valence-corrected chi connectivity index (χ4v) is 6.84. The third-order valence-corrected chi connectivity index (χ3v) is 8.31. The average Bonchev–Trinajstić information content (AvgIpc) is 3.48. The monoisotopic (exact) mass is 500 g/mol. The van der Waals surface area contributed by atoms with Crippen molar-refractivity contribution in [2.75, 3.05) is 5.01 Å². The van der Waals surface area contributed by atoms with Gasteiger partial charge in [-0.25, -0.2) is 9.97 Å². The van der Waals surface area contributed by atoms with Crippen molar-refractivity contribution in [2.45, 2.75) is 33.6 Å². The smallest absolute Gasteiger partial charge is 0.273 e. The number of amides is 2. The molecule has 0 fully saturated rings. The number of rotatable bonds is 2. The van der Waals surface area contributed by atoms with Gasteiger partial charge in [0.05, 0.1) is 11.2 Å². The van der Waals surface area contributed by atoms with E-state index in [9.17, 15) is 14.4 Å². The number of carbonyl (C=O) groups excluding carboxylic acids is 2. The summed E-state index contributed by atoms with van der Waals surface area (Å²) >= 11 is 2.91. The lowest BCUT2D eigenvalue weighted by atomic mass is 9.85. The van der Waals surface area contributed by atoms with Crippen molar-refractivity contribution in [3.8, 4) is 21.7 Å². The maximum absolute atomic E-state index is 13.6. The van der Waals surface area contributed by atoms with E-state index < -0.39 is 17.4 Å². The fraction of sp³-hybridized carbons (Fsp3) is 0.192. The molecular weight excluding hydrogens is 480 g/mol. The Bertz CT molecular complexity index is 1730. The van der Waals surface area contributed by atoms with Crippen LogP contribution in [0.1, 0.15) is 30.8 Å². The van der Waals surface area contributed by atoms with Crippen LogP contribution in [0.4, 0.5) is 0 Å². The van der Waals surface area contributed by atoms with Gasteiger partial charge in [-0.05, 0) is 42.3 Å². The summed E-state index contributed by atoms with van der Waals surface area (Å²) in [5.41, 5.74) is 5.67. The first-order valence-electron chi connectivity index (χ1n) is 11.2. The quantitative estimate of drug-likeness (QED) is 0.346. The van der Waals surface area contributed by atoms with Crippen molar-refractivity contribution in [1.82, 2.24) is 14.6 Å². The predicted molar refractivity (Wildman–Crippen MR) is 140 cm³/mol. The molecule has 0 bridgehead atoms. The predicted octanol–water partition coefficient (Wildman–Crippen LogP) is 4.84. The maximum atomic E-state index is 13.6. The summed E-state index contributed by atoms with van der Waals surface area (Å²) in [7, 11) is 0. The number of nitrogens with zero attached hydrogens (tertiary/aromatic N) is 4. The minimum Gasteiger partial charge on any atom is -0.273 e. The van der Waals surface area contributed by atoms with Gasteiger partial charge in [0.25, 0.3) is 5.56 Å². The van der Waals surface area contributed by atoms with Gasteiger partial charge in [0.1, 0.15) is 15.4 Å². The Morgan fingerprint density at radius 2 is 1.80 bits per heavy atom. The van der Waals surface area contributed by atoms with Crippen LogP contribution in [0.15, 0.2) is 46.6 Å². The van der Waals surface area contributed by atoms with Crippen LogP contribution in [0.25, 0.3) is 42.1 Å². The Labute approximate surface area is 208 Å². The molecule has 0 saturated carbocycles. The second kappa shape index (κ2) is 7.93. The molecule has 0 aliphatic heterocycles. The highest BCUT2D eigenvalue weighted by Crippen LogP contribution is 2.46. The molecule has 6 rings (SSSR count). The Hall–Kier alpha value is -3.69. The van der Waals surface area contributed by atoms with Crippen LogP contribution in [0, 0.1) is 6.92 Å². The van der Waals surface area contributed by atoms with Crippen molar-refractivity contribution < 1.29 is 9.59 Å². The standard InChI is InChI=1S/C26H20N4O3S2/c1-13-27-23-21-20(19-9-6-12-34-19)18-11-10-16-7-4-5-8-17(16)22(18)28-25(21)35-24(23)26(33)29(13)30(14(2)31)15(3)32/h4-9,12H,10-11H2,1-3H3. The summed E-state index contributed by atoms with van der Waals surface area (Å²) < 4.78 is 1.45. The van der Waals surface area contributed by atoms with Gasteiger partial charge in [0.15, 0.2) is 0 Å². The van der Waals surface area contributed by atoms with E-state index in [0.29, 0.717) is 10.2 Å². The first-order chi connectivity index (χ1) is 16.9. The zero-order valence-electron chi connectivity index (χ0n) is 19.3. The first kappa shape index (κ1) is 21.8. The fourth-order valence-electron chi connectivity index (χ4n) is 4.98. The van der Waals surface area contributed by atoms with Crippen LogP contribution in [0.2, 0.25) is 0 Å². The molecule has 9 heteroatoms. The van der Waals surface area contributed by atoms with Crippen molar-refractivity contribution in [3.05, 3.63) is 69.1 Å². The number of benzene rings is 1. The maximum Gasteiger partial charge on any atom is 0.291 e. The van der Waals surface area contributed by atoms with E-state index in [2.05, 4.69) is 18.2 Å². The minimum absolute atomic E-state index is 0.271. The summed E-state index contributed by atoms with van der Waals surface area (Å²) in [6.07, 6.45) is 1.76. The molecular formula is C26H20N4O3S2. The summed E-state index contributed by atoms with van der Waals surface area (Å²) in [5, 5.41) is 3.74. The van der Waals surface area contributed by atoms with Gasteiger partial charge < -0.3 is 0 Å². The lowest BCUT2D eigenvalue weighted by molar-refractivity contribution is -0.126. The molecule has 1 aromatic carbocycles. The third kappa shape index (κ3) is 3.19. The van der Waals surface area contributed by atoms with E-state index in [0.717, 1.165) is 60.0 Å². The van der Waals surface area contributed by atoms with Crippen LogP contribution in [-0.4, -0.2) is 26.5 Å². The molecule has 7 nitrogen and oxygen atoms in total. The average molecular weight is 501 g/mol. The third-order valence-electron chi connectivity index (χ3n) is 6.36. The van der Waals surface area contributed by atoms with E-state index in [-0.39, 0.29) is 5.82 Å². The van der Waals surface area contributed by atoms with Gasteiger partial charge in [-0.2, -0.15) is 9.69 Å². The molecule has 0 radical (unpaired) electrons. The van der Waals surface area contributed by atoms with Crippen molar-refractivity contribution in [3.63, 3.8) is 0 Å². The molecule has 4 aromatic heterocycles. The van der Waals surface area contributed by atoms with Crippen molar-refractivity contribution in [1.29, 1.82) is 0 Å². The Morgan fingerprint density at radius 1 is 1.03 bits per heavy atom. The highest BCUT2D eigenvalue weighted by Gasteiger charge is 2.29. The Kier molecular flexibility index (Phi) is 4.94. The number of aryl methyl sites for hydroxylation is 2. The van der Waals surface area contributed by atoms with Crippen molar-refractivity contribution >= 4 is 54.9 Å². The highest BCUT2D eigenvalue weighted by atomic mass is 32.1. The molecule has 2 amide bonds. The van der Waals surface area contributed by atoms with E-state index in [1.807, 2.05) is 23.6 Å². The molecule has 35 heavy (non-hydrogen) atoms. The minimum atomic E-state index is -0.547. The van der Waals surface area contributed by atoms with Crippen LogP contribution in [-0.2, 0) is 22.4 Å². The number of thiophene rings is 2. The van der Waals surface area contributed by atoms with E-state index in [1.165, 1.54) is 30.7 Å². The van der Waals surface area contributed by atoms with Crippen molar-refractivity contribution in [2.24, 2.45) is 0 Å². The van der Waals surface area contributed by atoms with E-state index in [4.69, 9.17) is 9.97 Å². The van der Waals surface area contributed by atoms with Gasteiger partial charge in [0, 0.05) is 35.2 Å². The Balaban J connectivity index is 1.76. The number of hydrogen-bond donors (Lipinski definition) is 0. The number of carbonyl (C=O) groups is 2. The molecule has 0 saturated heterocycles. The zero-order chi connectivity index (χ0) is 24.4. The van der Waals surface area contributed by atoms with E-state index >= 15 is 0 Å². The van der Waals surface area contributed by atoms with Gasteiger partial charge in [-0.3, -0.25) is 14.4 Å². The number of imide groups is 1. The molecule has 1 aliphatic rings. The molecule has 0 unspecified atom stereocenters. The van der Waals surface area contributed by atoms with Crippen LogP contribution >= 0.6 is 22.7 Å². The molecule has 5 aromatic rings. The summed E-state index contributed by atoms with van der Waals surface area (Å²) in [5.74, 6) is -0.823. The number of pyridine rings is 1. The molecule has 4 heterocycles. The Morgan fingerprint density at radius 3 is 2.51 bits per heavy atom. The van der Waals surface area contributed by atoms with Gasteiger partial charge >= 0.3 is 0 Å². The molecule has 1 aliphatic carbocycles. The number of hydrogen-bond acceptors (Lipinski definition) is 7. The molecule has 0 spiro atoms. The zero-order valence-corrected chi connectivity index (χ0v) is 20.9. The second-order valence-electron chi connectivity index (χ2n) is 8.53. The molecule has 0 atom stereocenters. The lowest BCUT2D eigenvalue weighted by Crippen LogP contribution is -2.49. The summed E-state index contributed by atoms with van der Waals surface area (Å²) in [6.45, 7) is 4.14. The number of aromatic nitrogens is 3.